The van der Waals surface area contributed by atoms with Gasteiger partial charge in [0.15, 0.2) is 17.2 Å². The van der Waals surface area contributed by atoms with Gasteiger partial charge in [0, 0.05) is 65.5 Å². The number of methoxy groups -OCH3 is 5. The van der Waals surface area contributed by atoms with Crippen molar-refractivity contribution in [3.05, 3.63) is 113 Å². The fourth-order valence-electron chi connectivity index (χ4n) is 7.11. The Morgan fingerprint density at radius 2 is 1.20 bits per heavy atom. The molecule has 0 saturated heterocycles. The first kappa shape index (κ1) is 49.3. The number of rotatable bonds is 17. The Balaban J connectivity index is 1.80. The third-order valence-corrected chi connectivity index (χ3v) is 17.5. The monoisotopic (exact) mass is 1060 g/mol. The van der Waals surface area contributed by atoms with Gasteiger partial charge in [-0.1, -0.05) is 50.6 Å². The number of halogens is 2. The summed E-state index contributed by atoms with van der Waals surface area (Å²) in [5, 5.41) is 5.66. The van der Waals surface area contributed by atoms with E-state index in [1.54, 1.807) is 21.3 Å². The quantitative estimate of drug-likeness (QED) is 0.115. The number of carbonyl (C=O) groups is 4. The van der Waals surface area contributed by atoms with E-state index in [4.69, 9.17) is 23.7 Å². The number of esters is 2. The lowest BCUT2D eigenvalue weighted by atomic mass is 9.93. The van der Waals surface area contributed by atoms with Crippen LogP contribution in [0.3, 0.4) is 0 Å². The molecule has 0 spiro atoms. The van der Waals surface area contributed by atoms with Crippen molar-refractivity contribution in [3.63, 3.8) is 0 Å². The lowest BCUT2D eigenvalue weighted by Gasteiger charge is -2.23. The molecule has 2 N–H and O–H groups in total. The molecule has 0 aliphatic carbocycles. The van der Waals surface area contributed by atoms with Gasteiger partial charge in [-0.25, -0.2) is 9.59 Å². The number of carbonyl (C=O) groups excluding carboxylic acids is 4. The van der Waals surface area contributed by atoms with Crippen molar-refractivity contribution >= 4 is 23.8 Å². The summed E-state index contributed by atoms with van der Waals surface area (Å²) in [7, 11) is 7.52. The fourth-order valence-corrected chi connectivity index (χ4v) is 13.2. The van der Waals surface area contributed by atoms with Gasteiger partial charge in [0.25, 0.3) is 0 Å². The molecule has 4 aromatic carbocycles. The number of aryl methyl sites for hydroxylation is 4. The van der Waals surface area contributed by atoms with Crippen LogP contribution < -0.4 is 67.3 Å². The first-order valence-electron chi connectivity index (χ1n) is 19.9. The molecule has 2 amide bonds. The van der Waals surface area contributed by atoms with Gasteiger partial charge in [0.05, 0.1) is 35.5 Å². The van der Waals surface area contributed by atoms with E-state index < -0.39 is 71.8 Å². The van der Waals surface area contributed by atoms with Crippen LogP contribution in [-0.2, 0) is 47.9 Å². The number of benzene rings is 4. The average molecular weight is 1060 g/mol. The summed E-state index contributed by atoms with van der Waals surface area (Å²) in [4.78, 5) is 50.8. The first-order valence-corrected chi connectivity index (χ1v) is 24.2. The van der Waals surface area contributed by atoms with E-state index in [-0.39, 0.29) is 18.2 Å². The maximum atomic E-state index is 13.2. The van der Waals surface area contributed by atoms with Gasteiger partial charge in [-0.3, -0.25) is 9.59 Å². The summed E-state index contributed by atoms with van der Waals surface area (Å²) in [6.07, 6.45) is 1.23. The molecule has 11 nitrogen and oxygen atoms in total. The summed E-state index contributed by atoms with van der Waals surface area (Å²) in [6, 6.07) is 15.0. The Morgan fingerprint density at radius 1 is 0.623 bits per heavy atom. The van der Waals surface area contributed by atoms with Crippen molar-refractivity contribution in [3.8, 4) is 17.2 Å². The molecule has 0 fully saturated rings. The van der Waals surface area contributed by atoms with Crippen molar-refractivity contribution in [2.24, 2.45) is 5.41 Å². The average Bonchev–Trinajstić information content (AvgIpc) is 3.20. The van der Waals surface area contributed by atoms with E-state index >= 15 is 0 Å². The number of amides is 2. The molecule has 0 heterocycles. The molecule has 328 valence electrons. The summed E-state index contributed by atoms with van der Waals surface area (Å²) in [5.41, 5.74) is 9.61. The SMILES string of the molecule is COC(=O)[C@H](Cc1ccc(OC)c([I+]c2c(C)cc(C)c(Cc3cc(C)cc(C)c3[I+]c3cc(OC)c(OC)cc3C[C@H](NC(=O)C(C)(C)C)C(=O)OC)c2C)c1)NC(C)=O. The van der Waals surface area contributed by atoms with E-state index in [9.17, 15) is 19.2 Å². The molecule has 0 saturated carbocycles. The van der Waals surface area contributed by atoms with Gasteiger partial charge < -0.3 is 34.3 Å². The Labute approximate surface area is 381 Å². The van der Waals surface area contributed by atoms with Crippen LogP contribution in [0, 0.1) is 54.3 Å². The predicted octanol–water partition coefficient (Wildman–Crippen LogP) is 0.569. The fraction of sp³-hybridized carbons (Fsp3) is 0.417. The van der Waals surface area contributed by atoms with Crippen molar-refractivity contribution in [2.45, 2.75) is 93.7 Å². The number of ether oxygens (including phenoxy) is 5. The zero-order valence-corrected chi connectivity index (χ0v) is 42.1. The number of nitrogens with one attached hydrogen (secondary N) is 2. The zero-order chi connectivity index (χ0) is 45.3. The Bertz CT molecular complexity index is 2280. The maximum absolute atomic E-state index is 13.2. The Kier molecular flexibility index (Phi) is 17.5. The van der Waals surface area contributed by atoms with Crippen LogP contribution in [0.15, 0.2) is 48.5 Å². The largest absolute Gasteiger partial charge is 0.493 e. The molecule has 0 unspecified atom stereocenters. The molecule has 0 bridgehead atoms. The molecular weight excluding hydrogens is 1000 g/mol. The van der Waals surface area contributed by atoms with Crippen LogP contribution in [0.1, 0.15) is 77.8 Å². The summed E-state index contributed by atoms with van der Waals surface area (Å²) < 4.78 is 32.2. The van der Waals surface area contributed by atoms with E-state index in [0.29, 0.717) is 17.9 Å². The van der Waals surface area contributed by atoms with Crippen LogP contribution in [0.4, 0.5) is 0 Å². The minimum atomic E-state index is -0.901. The minimum Gasteiger partial charge on any atom is -0.493 e. The molecular formula is C48H60I2N2O9+2. The summed E-state index contributed by atoms with van der Waals surface area (Å²) in [5.74, 6) is 0.344. The number of hydrogen-bond acceptors (Lipinski definition) is 9. The highest BCUT2D eigenvalue weighted by atomic mass is 127. The molecule has 61 heavy (non-hydrogen) atoms. The lowest BCUT2D eigenvalue weighted by Crippen LogP contribution is -3.62. The summed E-state index contributed by atoms with van der Waals surface area (Å²) >= 11 is -1.61. The van der Waals surface area contributed by atoms with Crippen molar-refractivity contribution in [1.29, 1.82) is 0 Å². The van der Waals surface area contributed by atoms with Crippen molar-refractivity contribution < 1.29 is 85.3 Å². The Morgan fingerprint density at radius 3 is 1.77 bits per heavy atom. The van der Waals surface area contributed by atoms with Crippen LogP contribution in [-0.4, -0.2) is 71.4 Å². The number of hydrogen-bond donors (Lipinski definition) is 2. The molecule has 0 aromatic heterocycles. The van der Waals surface area contributed by atoms with Crippen molar-refractivity contribution in [2.75, 3.05) is 35.5 Å². The van der Waals surface area contributed by atoms with Crippen LogP contribution >= 0.6 is 0 Å². The molecule has 4 rings (SSSR count). The van der Waals surface area contributed by atoms with Gasteiger partial charge in [0.2, 0.25) is 26.1 Å². The van der Waals surface area contributed by atoms with Crippen molar-refractivity contribution in [1.82, 2.24) is 10.6 Å². The Hall–Kier alpha value is -4.38. The minimum absolute atomic E-state index is 0.217. The van der Waals surface area contributed by atoms with E-state index in [1.165, 1.54) is 67.2 Å². The standard InChI is InChI=1S/C48H58I2N2O9/c1-26-17-28(3)44(49-36-25-42(59-12)41(58-11)24-33(36)23-39(46(55)61-14)52-47(56)48(7,8)9)34(18-26)22-35-27(2)19-29(4)43(30(35)5)50-37-20-32(15-16-40(37)57-10)21-38(45(54)60-13)51-31(6)53/h15-20,24-25,38-39H,21-23H2,1-14H3/p+2/t38-,39-/m0/s1. The molecule has 0 aliphatic rings. The van der Waals surface area contributed by atoms with Gasteiger partial charge >= 0.3 is 54.3 Å². The van der Waals surface area contributed by atoms with Gasteiger partial charge in [0.1, 0.15) is 12.1 Å². The van der Waals surface area contributed by atoms with Gasteiger partial charge in [-0.2, -0.15) is 0 Å². The summed E-state index contributed by atoms with van der Waals surface area (Å²) in [6.45, 7) is 17.7. The highest BCUT2D eigenvalue weighted by Crippen LogP contribution is 2.29. The van der Waals surface area contributed by atoms with E-state index in [0.717, 1.165) is 30.4 Å². The first-order chi connectivity index (χ1) is 28.7. The smallest absolute Gasteiger partial charge is 0.362 e. The molecule has 4 aromatic rings. The highest BCUT2D eigenvalue weighted by Gasteiger charge is 2.35. The molecule has 13 heteroatoms. The van der Waals surface area contributed by atoms with E-state index in [2.05, 4.69) is 69.5 Å². The predicted molar refractivity (Wildman–Crippen MR) is 227 cm³/mol. The third kappa shape index (κ3) is 12.6. The molecule has 0 aliphatic heterocycles. The maximum Gasteiger partial charge on any atom is 0.362 e. The second kappa shape index (κ2) is 21.6. The van der Waals surface area contributed by atoms with Gasteiger partial charge in [-0.05, 0) is 69.5 Å². The van der Waals surface area contributed by atoms with Crippen LogP contribution in [0.5, 0.6) is 17.2 Å². The zero-order valence-electron chi connectivity index (χ0n) is 37.8. The topological polar surface area (TPSA) is 138 Å². The van der Waals surface area contributed by atoms with E-state index in [1.807, 2.05) is 45.0 Å². The highest BCUT2D eigenvalue weighted by molar-refractivity contribution is 5.87. The molecule has 0 radical (unpaired) electrons. The second-order valence-corrected chi connectivity index (χ2v) is 21.7. The van der Waals surface area contributed by atoms with Crippen LogP contribution in [0.2, 0.25) is 0 Å². The second-order valence-electron chi connectivity index (χ2n) is 16.1. The molecule has 2 atom stereocenters. The third-order valence-electron chi connectivity index (χ3n) is 10.2. The van der Waals surface area contributed by atoms with Gasteiger partial charge in [-0.15, -0.1) is 0 Å². The normalized spacial score (nSPS) is 12.2. The van der Waals surface area contributed by atoms with Crippen LogP contribution in [0.25, 0.3) is 0 Å². The lowest BCUT2D eigenvalue weighted by molar-refractivity contribution is -0.600.